The average molecular weight is 435 g/mol. The number of hydrogen-bond donors (Lipinski definition) is 2. The van der Waals surface area contributed by atoms with E-state index in [1.165, 1.54) is 36.4 Å². The first kappa shape index (κ1) is 20.2. The van der Waals surface area contributed by atoms with E-state index in [9.17, 15) is 13.2 Å². The molecule has 0 atom stereocenters. The van der Waals surface area contributed by atoms with Crippen LogP contribution in [0, 0.1) is 6.92 Å². The van der Waals surface area contributed by atoms with Crippen LogP contribution in [0.5, 0.6) is 0 Å². The summed E-state index contributed by atoms with van der Waals surface area (Å²) in [5, 5.41) is 3.33. The monoisotopic (exact) mass is 434 g/mol. The first-order chi connectivity index (χ1) is 13.2. The van der Waals surface area contributed by atoms with Gasteiger partial charge in [0, 0.05) is 16.3 Å². The number of amides is 1. The van der Waals surface area contributed by atoms with Gasteiger partial charge in [-0.1, -0.05) is 40.9 Å². The van der Waals surface area contributed by atoms with Gasteiger partial charge in [-0.3, -0.25) is 9.52 Å². The van der Waals surface area contributed by atoms with Gasteiger partial charge in [-0.15, -0.1) is 0 Å². The van der Waals surface area contributed by atoms with Crippen LogP contribution in [0.4, 0.5) is 11.4 Å². The van der Waals surface area contributed by atoms with Gasteiger partial charge in [-0.05, 0) is 61.5 Å². The van der Waals surface area contributed by atoms with Crippen molar-refractivity contribution in [1.29, 1.82) is 0 Å². The number of anilines is 2. The summed E-state index contributed by atoms with van der Waals surface area (Å²) in [6.07, 6.45) is 0. The van der Waals surface area contributed by atoms with Gasteiger partial charge in [0.05, 0.1) is 15.6 Å². The fourth-order valence-electron chi connectivity index (χ4n) is 2.49. The standard InChI is InChI=1S/C20H16Cl2N2O3S/c1-13-3-2-4-14(11-13)20(25)23-16-6-8-17(9-7-16)28(26,27)24-19-12-15(21)5-10-18(19)22/h2-12,24H,1H3,(H,23,25). The van der Waals surface area contributed by atoms with Gasteiger partial charge in [0.25, 0.3) is 15.9 Å². The Kier molecular flexibility index (Phi) is 5.93. The van der Waals surface area contributed by atoms with Crippen LogP contribution < -0.4 is 10.0 Å². The van der Waals surface area contributed by atoms with Crippen LogP contribution in [0.15, 0.2) is 71.6 Å². The minimum absolute atomic E-state index is 0.0251. The highest BCUT2D eigenvalue weighted by Gasteiger charge is 2.16. The Morgan fingerprint density at radius 2 is 1.64 bits per heavy atom. The van der Waals surface area contributed by atoms with E-state index in [0.717, 1.165) is 5.56 Å². The summed E-state index contributed by atoms with van der Waals surface area (Å²) in [6.45, 7) is 1.90. The van der Waals surface area contributed by atoms with Gasteiger partial charge in [-0.25, -0.2) is 8.42 Å². The van der Waals surface area contributed by atoms with Crippen LogP contribution in [0.25, 0.3) is 0 Å². The molecule has 0 unspecified atom stereocenters. The second kappa shape index (κ2) is 8.22. The Labute approximate surface area is 173 Å². The largest absolute Gasteiger partial charge is 0.322 e. The summed E-state index contributed by atoms with van der Waals surface area (Å²) >= 11 is 11.9. The summed E-state index contributed by atoms with van der Waals surface area (Å²) in [5.41, 5.74) is 2.16. The van der Waals surface area contributed by atoms with Crippen molar-refractivity contribution in [1.82, 2.24) is 0 Å². The SMILES string of the molecule is Cc1cccc(C(=O)Nc2ccc(S(=O)(=O)Nc3cc(Cl)ccc3Cl)cc2)c1. The van der Waals surface area contributed by atoms with Crippen molar-refractivity contribution in [2.75, 3.05) is 10.0 Å². The normalized spacial score (nSPS) is 11.1. The Morgan fingerprint density at radius 1 is 0.929 bits per heavy atom. The summed E-state index contributed by atoms with van der Waals surface area (Å²) in [5.74, 6) is -0.275. The molecule has 1 amide bonds. The van der Waals surface area contributed by atoms with Crippen molar-refractivity contribution in [2.24, 2.45) is 0 Å². The van der Waals surface area contributed by atoms with Gasteiger partial charge < -0.3 is 5.32 Å². The number of carbonyl (C=O) groups is 1. The molecule has 0 radical (unpaired) electrons. The van der Waals surface area contributed by atoms with Crippen molar-refractivity contribution >= 4 is 50.5 Å². The molecule has 0 fully saturated rings. The Bertz CT molecular complexity index is 1130. The summed E-state index contributed by atoms with van der Waals surface area (Å²) in [7, 11) is -3.86. The van der Waals surface area contributed by atoms with Gasteiger partial charge >= 0.3 is 0 Å². The lowest BCUT2D eigenvalue weighted by Gasteiger charge is -2.11. The van der Waals surface area contributed by atoms with Crippen LogP contribution in [0.2, 0.25) is 10.0 Å². The van der Waals surface area contributed by atoms with Crippen molar-refractivity contribution in [3.63, 3.8) is 0 Å². The highest BCUT2D eigenvalue weighted by atomic mass is 35.5. The van der Waals surface area contributed by atoms with Crippen LogP contribution in [-0.4, -0.2) is 14.3 Å². The van der Waals surface area contributed by atoms with Crippen LogP contribution in [-0.2, 0) is 10.0 Å². The van der Waals surface area contributed by atoms with Crippen LogP contribution in [0.3, 0.4) is 0 Å². The maximum atomic E-state index is 12.6. The van der Waals surface area contributed by atoms with Crippen molar-refractivity contribution in [3.8, 4) is 0 Å². The quantitative estimate of drug-likeness (QED) is 0.567. The van der Waals surface area contributed by atoms with Gasteiger partial charge in [-0.2, -0.15) is 0 Å². The molecule has 144 valence electrons. The lowest BCUT2D eigenvalue weighted by atomic mass is 10.1. The Hall–Kier alpha value is -2.54. The lowest BCUT2D eigenvalue weighted by molar-refractivity contribution is 0.102. The molecule has 0 aliphatic carbocycles. The molecule has 3 aromatic rings. The number of hydrogen-bond acceptors (Lipinski definition) is 3. The number of halogens is 2. The fourth-order valence-corrected chi connectivity index (χ4v) is 3.95. The minimum atomic E-state index is -3.86. The highest BCUT2D eigenvalue weighted by Crippen LogP contribution is 2.28. The van der Waals surface area contributed by atoms with E-state index in [-0.39, 0.29) is 21.5 Å². The van der Waals surface area contributed by atoms with E-state index in [1.807, 2.05) is 13.0 Å². The number of nitrogens with one attached hydrogen (secondary N) is 2. The number of aryl methyl sites for hydroxylation is 1. The third kappa shape index (κ3) is 4.84. The summed E-state index contributed by atoms with van der Waals surface area (Å²) < 4.78 is 27.5. The van der Waals surface area contributed by atoms with E-state index < -0.39 is 10.0 Å². The van der Waals surface area contributed by atoms with Crippen LogP contribution in [0.1, 0.15) is 15.9 Å². The second-order valence-corrected chi connectivity index (χ2v) is 8.60. The molecule has 8 heteroatoms. The van der Waals surface area contributed by atoms with E-state index in [1.54, 1.807) is 24.3 Å². The first-order valence-electron chi connectivity index (χ1n) is 8.20. The van der Waals surface area contributed by atoms with E-state index in [4.69, 9.17) is 23.2 Å². The Balaban J connectivity index is 1.76. The molecule has 3 aromatic carbocycles. The molecule has 0 aliphatic rings. The molecule has 0 bridgehead atoms. The second-order valence-electron chi connectivity index (χ2n) is 6.08. The van der Waals surface area contributed by atoms with E-state index in [0.29, 0.717) is 16.3 Å². The van der Waals surface area contributed by atoms with E-state index >= 15 is 0 Å². The molecule has 0 aromatic heterocycles. The predicted molar refractivity (Wildman–Crippen MR) is 113 cm³/mol. The van der Waals surface area contributed by atoms with Gasteiger partial charge in [0.15, 0.2) is 0 Å². The zero-order valence-electron chi connectivity index (χ0n) is 14.7. The van der Waals surface area contributed by atoms with Crippen molar-refractivity contribution in [3.05, 3.63) is 87.9 Å². The van der Waals surface area contributed by atoms with Crippen molar-refractivity contribution < 1.29 is 13.2 Å². The van der Waals surface area contributed by atoms with Gasteiger partial charge in [0.2, 0.25) is 0 Å². The number of benzene rings is 3. The fraction of sp³-hybridized carbons (Fsp3) is 0.0500. The molecule has 28 heavy (non-hydrogen) atoms. The zero-order chi connectivity index (χ0) is 20.3. The predicted octanol–water partition coefficient (Wildman–Crippen LogP) is 5.35. The minimum Gasteiger partial charge on any atom is -0.322 e. The molecular formula is C20H16Cl2N2O3S. The molecule has 3 rings (SSSR count). The van der Waals surface area contributed by atoms with Gasteiger partial charge in [0.1, 0.15) is 0 Å². The average Bonchev–Trinajstić information content (AvgIpc) is 2.65. The third-order valence-electron chi connectivity index (χ3n) is 3.88. The zero-order valence-corrected chi connectivity index (χ0v) is 17.1. The van der Waals surface area contributed by atoms with E-state index in [2.05, 4.69) is 10.0 Å². The molecule has 0 saturated heterocycles. The summed E-state index contributed by atoms with van der Waals surface area (Å²) in [6, 6.07) is 17.5. The molecule has 0 saturated carbocycles. The van der Waals surface area contributed by atoms with Crippen molar-refractivity contribution in [2.45, 2.75) is 11.8 Å². The van der Waals surface area contributed by atoms with Crippen LogP contribution >= 0.6 is 23.2 Å². The number of rotatable bonds is 5. The molecule has 0 spiro atoms. The molecule has 0 aliphatic heterocycles. The smallest absolute Gasteiger partial charge is 0.261 e. The molecule has 2 N–H and O–H groups in total. The Morgan fingerprint density at radius 3 is 2.32 bits per heavy atom. The molecule has 5 nitrogen and oxygen atoms in total. The lowest BCUT2D eigenvalue weighted by Crippen LogP contribution is -2.14. The highest BCUT2D eigenvalue weighted by molar-refractivity contribution is 7.92. The maximum absolute atomic E-state index is 12.6. The maximum Gasteiger partial charge on any atom is 0.261 e. The number of carbonyl (C=O) groups excluding carboxylic acids is 1. The summed E-state index contributed by atoms with van der Waals surface area (Å²) in [4.78, 5) is 12.3. The molecular weight excluding hydrogens is 419 g/mol. The third-order valence-corrected chi connectivity index (χ3v) is 5.82. The topological polar surface area (TPSA) is 75.3 Å². The number of sulfonamides is 1. The molecule has 0 heterocycles. The first-order valence-corrected chi connectivity index (χ1v) is 10.4.